The van der Waals surface area contributed by atoms with Gasteiger partial charge in [-0.15, -0.1) is 10.2 Å². The number of nitro benzene ring substituents is 1. The van der Waals surface area contributed by atoms with Crippen molar-refractivity contribution in [3.8, 4) is 10.6 Å². The molecule has 1 heterocycles. The zero-order valence-electron chi connectivity index (χ0n) is 12.8. The summed E-state index contributed by atoms with van der Waals surface area (Å²) in [6.07, 6.45) is 0. The van der Waals surface area contributed by atoms with Crippen molar-refractivity contribution in [3.05, 3.63) is 64.2 Å². The molecule has 2 amide bonds. The molecule has 26 heavy (non-hydrogen) atoms. The highest BCUT2D eigenvalue weighted by atomic mass is 32.1. The highest BCUT2D eigenvalue weighted by Crippen LogP contribution is 2.27. The van der Waals surface area contributed by atoms with E-state index in [9.17, 15) is 23.7 Å². The van der Waals surface area contributed by atoms with Crippen LogP contribution in [0.2, 0.25) is 0 Å². The van der Waals surface area contributed by atoms with Gasteiger partial charge >= 0.3 is 6.03 Å². The number of nitro groups is 1. The molecule has 0 spiro atoms. The van der Waals surface area contributed by atoms with Crippen LogP contribution in [-0.2, 0) is 0 Å². The Balaban J connectivity index is 1.66. The molecule has 0 aliphatic rings. The van der Waals surface area contributed by atoms with E-state index in [1.807, 2.05) is 0 Å². The first-order valence-corrected chi connectivity index (χ1v) is 7.85. The first-order chi connectivity index (χ1) is 12.4. The lowest BCUT2D eigenvalue weighted by atomic mass is 10.2. The van der Waals surface area contributed by atoms with Crippen molar-refractivity contribution >= 4 is 33.9 Å². The summed E-state index contributed by atoms with van der Waals surface area (Å²) in [7, 11) is 0. The van der Waals surface area contributed by atoms with Gasteiger partial charge in [0.05, 0.1) is 4.92 Å². The molecule has 11 heteroatoms. The molecule has 0 aliphatic heterocycles. The number of carbonyl (C=O) groups excluding carboxylic acids is 1. The van der Waals surface area contributed by atoms with E-state index in [-0.39, 0.29) is 16.5 Å². The fraction of sp³-hybridized carbons (Fsp3) is 0. The third-order valence-electron chi connectivity index (χ3n) is 3.15. The number of hydrogen-bond donors (Lipinski definition) is 2. The van der Waals surface area contributed by atoms with E-state index in [1.54, 1.807) is 0 Å². The van der Waals surface area contributed by atoms with Gasteiger partial charge < -0.3 is 5.32 Å². The van der Waals surface area contributed by atoms with Gasteiger partial charge in [0.1, 0.15) is 5.01 Å². The van der Waals surface area contributed by atoms with Crippen molar-refractivity contribution in [2.24, 2.45) is 0 Å². The lowest BCUT2D eigenvalue weighted by Crippen LogP contribution is -2.19. The van der Waals surface area contributed by atoms with E-state index in [2.05, 4.69) is 20.8 Å². The molecule has 0 unspecified atom stereocenters. The van der Waals surface area contributed by atoms with Crippen LogP contribution in [0.5, 0.6) is 0 Å². The first kappa shape index (κ1) is 17.4. The highest BCUT2D eigenvalue weighted by molar-refractivity contribution is 7.18. The Kier molecular flexibility index (Phi) is 4.80. The Hall–Kier alpha value is -3.47. The predicted molar refractivity (Wildman–Crippen MR) is 91.0 cm³/mol. The van der Waals surface area contributed by atoms with Crippen LogP contribution in [-0.4, -0.2) is 21.2 Å². The molecule has 0 radical (unpaired) electrons. The largest absolute Gasteiger partial charge is 0.325 e. The molecule has 0 atom stereocenters. The normalized spacial score (nSPS) is 10.4. The summed E-state index contributed by atoms with van der Waals surface area (Å²) >= 11 is 1.05. The second-order valence-corrected chi connectivity index (χ2v) is 5.90. The molecule has 2 aromatic carbocycles. The van der Waals surface area contributed by atoms with Crippen LogP contribution in [0.3, 0.4) is 0 Å². The Morgan fingerprint density at radius 2 is 1.77 bits per heavy atom. The second-order valence-electron chi connectivity index (χ2n) is 4.92. The Morgan fingerprint density at radius 3 is 2.42 bits per heavy atom. The maximum absolute atomic E-state index is 13.1. The minimum absolute atomic E-state index is 0.0532. The van der Waals surface area contributed by atoms with Crippen LogP contribution < -0.4 is 10.6 Å². The molecule has 3 rings (SSSR count). The summed E-state index contributed by atoms with van der Waals surface area (Å²) in [5, 5.41) is 23.7. The lowest BCUT2D eigenvalue weighted by Gasteiger charge is -2.05. The molecule has 0 fully saturated rings. The number of rotatable bonds is 4. The number of hydrogen-bond acceptors (Lipinski definition) is 6. The van der Waals surface area contributed by atoms with Gasteiger partial charge in [-0.3, -0.25) is 15.4 Å². The maximum Gasteiger partial charge on any atom is 0.325 e. The summed E-state index contributed by atoms with van der Waals surface area (Å²) in [5.41, 5.74) is 0.617. The molecule has 0 aliphatic carbocycles. The fourth-order valence-corrected chi connectivity index (χ4v) is 2.69. The zero-order valence-corrected chi connectivity index (χ0v) is 13.6. The van der Waals surface area contributed by atoms with E-state index in [1.165, 1.54) is 30.3 Å². The number of non-ortho nitro benzene ring substituents is 1. The summed E-state index contributed by atoms with van der Waals surface area (Å²) in [5.74, 6) is -2.10. The molecular formula is C15H9F2N5O3S. The molecule has 0 saturated heterocycles. The minimum Gasteiger partial charge on any atom is -0.308 e. The Morgan fingerprint density at radius 1 is 1.04 bits per heavy atom. The molecule has 0 saturated carbocycles. The number of halogens is 2. The van der Waals surface area contributed by atoms with E-state index >= 15 is 0 Å². The van der Waals surface area contributed by atoms with Gasteiger partial charge in [-0.2, -0.15) is 0 Å². The second kappa shape index (κ2) is 7.19. The third kappa shape index (κ3) is 3.95. The standard InChI is InChI=1S/C15H9F2N5O3S/c16-11-6-3-9(7-12(11)17)18-14(23)19-15-21-20-13(26-15)8-1-4-10(5-2-8)22(24)25/h1-7H,(H2,18,19,21,23). The summed E-state index contributed by atoms with van der Waals surface area (Å²) in [6, 6.07) is 7.94. The van der Waals surface area contributed by atoms with Crippen LogP contribution in [0, 0.1) is 21.7 Å². The molecule has 1 aromatic heterocycles. The van der Waals surface area contributed by atoms with E-state index in [4.69, 9.17) is 0 Å². The highest BCUT2D eigenvalue weighted by Gasteiger charge is 2.12. The van der Waals surface area contributed by atoms with Crippen molar-refractivity contribution in [2.45, 2.75) is 0 Å². The van der Waals surface area contributed by atoms with Gasteiger partial charge in [-0.25, -0.2) is 13.6 Å². The van der Waals surface area contributed by atoms with Crippen LogP contribution in [0.25, 0.3) is 10.6 Å². The third-order valence-corrected chi connectivity index (χ3v) is 4.04. The zero-order chi connectivity index (χ0) is 18.7. The lowest BCUT2D eigenvalue weighted by molar-refractivity contribution is -0.384. The van der Waals surface area contributed by atoms with Crippen LogP contribution in [0.4, 0.5) is 30.1 Å². The van der Waals surface area contributed by atoms with Crippen molar-refractivity contribution < 1.29 is 18.5 Å². The fourth-order valence-electron chi connectivity index (χ4n) is 1.95. The van der Waals surface area contributed by atoms with Gasteiger partial charge in [0.15, 0.2) is 11.6 Å². The Bertz CT molecular complexity index is 978. The smallest absolute Gasteiger partial charge is 0.308 e. The van der Waals surface area contributed by atoms with Crippen molar-refractivity contribution in [3.63, 3.8) is 0 Å². The SMILES string of the molecule is O=C(Nc1ccc(F)c(F)c1)Nc1nnc(-c2ccc([N+](=O)[O-])cc2)s1. The first-order valence-electron chi connectivity index (χ1n) is 7.04. The molecule has 3 aromatic rings. The van der Waals surface area contributed by atoms with Gasteiger partial charge in [0, 0.05) is 29.4 Å². The number of carbonyl (C=O) groups is 1. The summed E-state index contributed by atoms with van der Waals surface area (Å²) < 4.78 is 26.0. The number of amides is 2. The van der Waals surface area contributed by atoms with E-state index in [0.717, 1.165) is 23.5 Å². The van der Waals surface area contributed by atoms with E-state index < -0.39 is 22.6 Å². The average molecular weight is 377 g/mol. The van der Waals surface area contributed by atoms with Crippen molar-refractivity contribution in [1.82, 2.24) is 10.2 Å². The van der Waals surface area contributed by atoms with Crippen LogP contribution in [0.15, 0.2) is 42.5 Å². The van der Waals surface area contributed by atoms with Gasteiger partial charge in [-0.1, -0.05) is 11.3 Å². The van der Waals surface area contributed by atoms with Crippen LogP contribution in [0.1, 0.15) is 0 Å². The van der Waals surface area contributed by atoms with Gasteiger partial charge in [0.2, 0.25) is 5.13 Å². The average Bonchev–Trinajstić information content (AvgIpc) is 3.06. The van der Waals surface area contributed by atoms with Gasteiger partial charge in [0.25, 0.3) is 5.69 Å². The maximum atomic E-state index is 13.1. The molecule has 0 bridgehead atoms. The molecular weight excluding hydrogens is 368 g/mol. The van der Waals surface area contributed by atoms with Gasteiger partial charge in [-0.05, 0) is 24.3 Å². The quantitative estimate of drug-likeness (QED) is 0.527. The topological polar surface area (TPSA) is 110 Å². The monoisotopic (exact) mass is 377 g/mol. The number of nitrogens with zero attached hydrogens (tertiary/aromatic N) is 3. The number of nitrogens with one attached hydrogen (secondary N) is 2. The van der Waals surface area contributed by atoms with Crippen molar-refractivity contribution in [1.29, 1.82) is 0 Å². The van der Waals surface area contributed by atoms with E-state index in [0.29, 0.717) is 10.6 Å². The summed E-state index contributed by atoms with van der Waals surface area (Å²) in [4.78, 5) is 22.0. The number of urea groups is 1. The van der Waals surface area contributed by atoms with Crippen LogP contribution >= 0.6 is 11.3 Å². The predicted octanol–water partition coefficient (Wildman–Crippen LogP) is 4.04. The molecule has 8 nitrogen and oxygen atoms in total. The molecule has 2 N–H and O–H groups in total. The van der Waals surface area contributed by atoms with Crippen molar-refractivity contribution in [2.75, 3.05) is 10.6 Å². The number of aromatic nitrogens is 2. The minimum atomic E-state index is -1.08. The number of anilines is 2. The molecule has 132 valence electrons. The summed E-state index contributed by atoms with van der Waals surface area (Å²) in [6.45, 7) is 0. The number of benzene rings is 2. The Labute approximate surface area is 148 Å².